The molecule has 0 amide bonds. The summed E-state index contributed by atoms with van der Waals surface area (Å²) in [5.41, 5.74) is 0. The lowest BCUT2D eigenvalue weighted by molar-refractivity contribution is 0.0101. The summed E-state index contributed by atoms with van der Waals surface area (Å²) >= 11 is 5.37. The molecule has 0 saturated heterocycles. The topological polar surface area (TPSA) is 38.7 Å². The molecule has 0 aliphatic heterocycles. The molecular formula is C9H19ClO3. The number of hydrogen-bond acceptors (Lipinski definition) is 3. The molecule has 0 spiro atoms. The maximum Gasteiger partial charge on any atom is 0.0908 e. The molecule has 0 saturated carbocycles. The third kappa shape index (κ3) is 10.1. The summed E-state index contributed by atoms with van der Waals surface area (Å²) in [7, 11) is 0. The van der Waals surface area contributed by atoms with Crippen LogP contribution >= 0.6 is 11.6 Å². The first-order valence-corrected chi connectivity index (χ1v) is 5.24. The van der Waals surface area contributed by atoms with Gasteiger partial charge in [0, 0.05) is 6.61 Å². The maximum atomic E-state index is 9.00. The Labute approximate surface area is 85.0 Å². The van der Waals surface area contributed by atoms with E-state index in [0.29, 0.717) is 19.8 Å². The largest absolute Gasteiger partial charge is 0.389 e. The Bertz CT molecular complexity index is 101. The fourth-order valence-electron chi connectivity index (χ4n) is 0.730. The van der Waals surface area contributed by atoms with Crippen LogP contribution in [0, 0.1) is 0 Å². The molecule has 80 valence electrons. The third-order valence-corrected chi connectivity index (χ3v) is 1.86. The van der Waals surface area contributed by atoms with Gasteiger partial charge in [0.15, 0.2) is 0 Å². The van der Waals surface area contributed by atoms with Crippen LogP contribution in [0.4, 0.5) is 0 Å². The quantitative estimate of drug-likeness (QED) is 0.462. The summed E-state index contributed by atoms with van der Waals surface area (Å²) in [6, 6.07) is 0. The lowest BCUT2D eigenvalue weighted by Gasteiger charge is -2.08. The minimum Gasteiger partial charge on any atom is -0.389 e. The van der Waals surface area contributed by atoms with Crippen LogP contribution in [0.3, 0.4) is 0 Å². The number of rotatable bonds is 9. The van der Waals surface area contributed by atoms with E-state index in [1.807, 2.05) is 0 Å². The second-order valence-corrected chi connectivity index (χ2v) is 3.16. The predicted octanol–water partition coefficient (Wildman–Crippen LogP) is 1.42. The number of aliphatic hydroxyl groups is 1. The van der Waals surface area contributed by atoms with Crippen molar-refractivity contribution in [1.29, 1.82) is 0 Å². The molecule has 0 aromatic carbocycles. The number of halogens is 1. The van der Waals surface area contributed by atoms with Crippen molar-refractivity contribution in [2.24, 2.45) is 0 Å². The van der Waals surface area contributed by atoms with Gasteiger partial charge in [0.1, 0.15) is 0 Å². The van der Waals surface area contributed by atoms with Crippen molar-refractivity contribution in [3.8, 4) is 0 Å². The van der Waals surface area contributed by atoms with Crippen molar-refractivity contribution in [1.82, 2.24) is 0 Å². The predicted molar refractivity (Wildman–Crippen MR) is 53.3 cm³/mol. The first-order valence-electron chi connectivity index (χ1n) is 4.70. The van der Waals surface area contributed by atoms with Crippen molar-refractivity contribution in [3.05, 3.63) is 0 Å². The Kier molecular flexibility index (Phi) is 10.4. The van der Waals surface area contributed by atoms with Gasteiger partial charge in [-0.2, -0.15) is 0 Å². The Hall–Kier alpha value is 0.170. The molecule has 0 bridgehead atoms. The first-order chi connectivity index (χ1) is 6.31. The average molecular weight is 211 g/mol. The second-order valence-electron chi connectivity index (χ2n) is 2.85. The van der Waals surface area contributed by atoms with Gasteiger partial charge >= 0.3 is 0 Å². The van der Waals surface area contributed by atoms with Crippen molar-refractivity contribution >= 4 is 11.6 Å². The molecule has 0 aliphatic rings. The van der Waals surface area contributed by atoms with Crippen LogP contribution in [0.15, 0.2) is 0 Å². The molecule has 3 nitrogen and oxygen atoms in total. The van der Waals surface area contributed by atoms with E-state index in [1.165, 1.54) is 0 Å². The van der Waals surface area contributed by atoms with Crippen LogP contribution in [0.5, 0.6) is 0 Å². The third-order valence-electron chi connectivity index (χ3n) is 1.50. The molecule has 0 aliphatic carbocycles. The van der Waals surface area contributed by atoms with Crippen LogP contribution in [0.2, 0.25) is 0 Å². The Balaban J connectivity index is 2.91. The molecule has 13 heavy (non-hydrogen) atoms. The maximum absolute atomic E-state index is 9.00. The molecule has 0 heterocycles. The number of alkyl halides is 1. The van der Waals surface area contributed by atoms with Gasteiger partial charge in [-0.1, -0.05) is 13.3 Å². The molecule has 0 fully saturated rings. The van der Waals surface area contributed by atoms with Crippen LogP contribution in [-0.2, 0) is 9.47 Å². The summed E-state index contributed by atoms with van der Waals surface area (Å²) in [4.78, 5) is 0. The minimum atomic E-state index is -0.558. The fraction of sp³-hybridized carbons (Fsp3) is 1.00. The van der Waals surface area contributed by atoms with Crippen LogP contribution in [0.25, 0.3) is 0 Å². The van der Waals surface area contributed by atoms with Gasteiger partial charge in [0.05, 0.1) is 31.8 Å². The molecule has 1 N–H and O–H groups in total. The molecule has 4 heteroatoms. The number of ether oxygens (including phenoxy) is 2. The van der Waals surface area contributed by atoms with E-state index in [4.69, 9.17) is 26.2 Å². The van der Waals surface area contributed by atoms with Gasteiger partial charge < -0.3 is 14.6 Å². The molecule has 0 rings (SSSR count). The number of hydrogen-bond donors (Lipinski definition) is 1. The summed E-state index contributed by atoms with van der Waals surface area (Å²) in [5, 5.41) is 9.00. The monoisotopic (exact) mass is 210 g/mol. The van der Waals surface area contributed by atoms with Crippen LogP contribution < -0.4 is 0 Å². The van der Waals surface area contributed by atoms with Gasteiger partial charge in [-0.05, 0) is 6.42 Å². The van der Waals surface area contributed by atoms with E-state index in [1.54, 1.807) is 0 Å². The molecule has 1 atom stereocenters. The molecule has 0 radical (unpaired) electrons. The van der Waals surface area contributed by atoms with E-state index in [2.05, 4.69) is 6.92 Å². The molecular weight excluding hydrogens is 192 g/mol. The highest BCUT2D eigenvalue weighted by Gasteiger charge is 2.00. The smallest absolute Gasteiger partial charge is 0.0908 e. The highest BCUT2D eigenvalue weighted by Crippen LogP contribution is 1.90. The van der Waals surface area contributed by atoms with Crippen molar-refractivity contribution in [3.63, 3.8) is 0 Å². The highest BCUT2D eigenvalue weighted by molar-refractivity contribution is 6.18. The normalized spacial score (nSPS) is 13.2. The van der Waals surface area contributed by atoms with E-state index in [9.17, 15) is 0 Å². The molecule has 0 unspecified atom stereocenters. The molecule has 0 aromatic heterocycles. The Morgan fingerprint density at radius 1 is 1.23 bits per heavy atom. The van der Waals surface area contributed by atoms with Crippen LogP contribution in [0.1, 0.15) is 19.8 Å². The Morgan fingerprint density at radius 2 is 1.92 bits per heavy atom. The summed E-state index contributed by atoms with van der Waals surface area (Å²) in [5.74, 6) is 0.219. The van der Waals surface area contributed by atoms with E-state index in [-0.39, 0.29) is 5.88 Å². The minimum absolute atomic E-state index is 0.219. The fourth-order valence-corrected chi connectivity index (χ4v) is 0.819. The van der Waals surface area contributed by atoms with E-state index < -0.39 is 6.10 Å². The zero-order valence-corrected chi connectivity index (χ0v) is 8.92. The first kappa shape index (κ1) is 13.2. The summed E-state index contributed by atoms with van der Waals surface area (Å²) in [6.45, 7) is 4.32. The van der Waals surface area contributed by atoms with Gasteiger partial charge in [0.25, 0.3) is 0 Å². The SMILES string of the molecule is CCCCOCCOC[C@@H](O)CCl. The van der Waals surface area contributed by atoms with Crippen molar-refractivity contribution in [2.75, 3.05) is 32.3 Å². The lowest BCUT2D eigenvalue weighted by atomic mass is 10.4. The van der Waals surface area contributed by atoms with Gasteiger partial charge in [-0.25, -0.2) is 0 Å². The Morgan fingerprint density at radius 3 is 2.54 bits per heavy atom. The van der Waals surface area contributed by atoms with Crippen molar-refractivity contribution < 1.29 is 14.6 Å². The second kappa shape index (κ2) is 10.3. The van der Waals surface area contributed by atoms with Gasteiger partial charge in [-0.3, -0.25) is 0 Å². The highest BCUT2D eigenvalue weighted by atomic mass is 35.5. The summed E-state index contributed by atoms with van der Waals surface area (Å²) in [6.07, 6.45) is 1.67. The van der Waals surface area contributed by atoms with Crippen molar-refractivity contribution in [2.45, 2.75) is 25.9 Å². The number of aliphatic hydroxyl groups excluding tert-OH is 1. The lowest BCUT2D eigenvalue weighted by Crippen LogP contribution is -2.18. The summed E-state index contributed by atoms with van der Waals surface area (Å²) < 4.78 is 10.4. The van der Waals surface area contributed by atoms with E-state index in [0.717, 1.165) is 19.4 Å². The van der Waals surface area contributed by atoms with E-state index >= 15 is 0 Å². The molecule has 0 aromatic rings. The zero-order valence-electron chi connectivity index (χ0n) is 8.17. The standard InChI is InChI=1S/C9H19ClO3/c1-2-3-4-12-5-6-13-8-9(11)7-10/h9,11H,2-8H2,1H3/t9-/m0/s1. The van der Waals surface area contributed by atoms with Gasteiger partial charge in [-0.15, -0.1) is 11.6 Å². The van der Waals surface area contributed by atoms with Crippen LogP contribution in [-0.4, -0.2) is 43.5 Å². The van der Waals surface area contributed by atoms with Gasteiger partial charge in [0.2, 0.25) is 0 Å². The number of unbranched alkanes of at least 4 members (excludes halogenated alkanes) is 1. The zero-order chi connectivity index (χ0) is 9.94. The average Bonchev–Trinajstić information content (AvgIpc) is 2.16.